The van der Waals surface area contributed by atoms with Crippen molar-refractivity contribution in [3.8, 4) is 5.75 Å². The van der Waals surface area contributed by atoms with Gasteiger partial charge in [-0.05, 0) is 55.8 Å². The Morgan fingerprint density at radius 1 is 0.970 bits per heavy atom. The normalized spacial score (nSPS) is 13.8. The first-order valence-electron chi connectivity index (χ1n) is 10.6. The molecule has 1 aliphatic heterocycles. The molecule has 0 aliphatic carbocycles. The molecule has 8 heteroatoms. The van der Waals surface area contributed by atoms with Gasteiger partial charge in [-0.3, -0.25) is 9.59 Å². The van der Waals surface area contributed by atoms with E-state index >= 15 is 0 Å². The second-order valence-electron chi connectivity index (χ2n) is 8.03. The number of carbonyl (C=O) groups excluding carboxylic acids is 2. The summed E-state index contributed by atoms with van der Waals surface area (Å²) in [6.45, 7) is 5.64. The maximum Gasteiger partial charge on any atom is 0.289 e. The molecule has 1 saturated heterocycles. The molecule has 0 unspecified atom stereocenters. The molecule has 0 saturated carbocycles. The lowest BCUT2D eigenvalue weighted by Crippen LogP contribution is -2.50. The molecule has 2 amide bonds. The minimum absolute atomic E-state index is 0.0738. The van der Waals surface area contributed by atoms with Gasteiger partial charge in [-0.2, -0.15) is 0 Å². The van der Waals surface area contributed by atoms with Crippen LogP contribution >= 0.6 is 11.6 Å². The van der Waals surface area contributed by atoms with E-state index in [1.165, 1.54) is 12.1 Å². The highest BCUT2D eigenvalue weighted by Crippen LogP contribution is 2.22. The van der Waals surface area contributed by atoms with Crippen LogP contribution in [0.2, 0.25) is 5.02 Å². The van der Waals surface area contributed by atoms with E-state index in [2.05, 4.69) is 0 Å². The summed E-state index contributed by atoms with van der Waals surface area (Å²) >= 11 is 6.01. The maximum absolute atomic E-state index is 13.3. The van der Waals surface area contributed by atoms with Crippen molar-refractivity contribution in [1.29, 1.82) is 0 Å². The summed E-state index contributed by atoms with van der Waals surface area (Å²) in [5.41, 5.74) is 2.44. The first-order chi connectivity index (χ1) is 15.8. The summed E-state index contributed by atoms with van der Waals surface area (Å²) in [5, 5.41) is 0.0738. The molecule has 2 aromatic carbocycles. The summed E-state index contributed by atoms with van der Waals surface area (Å²) in [6.07, 6.45) is 0. The number of halogens is 2. The molecule has 4 rings (SSSR count). The van der Waals surface area contributed by atoms with Crippen LogP contribution in [-0.2, 0) is 6.61 Å². The van der Waals surface area contributed by atoms with Crippen molar-refractivity contribution in [1.82, 2.24) is 9.80 Å². The van der Waals surface area contributed by atoms with Crippen molar-refractivity contribution < 1.29 is 23.1 Å². The van der Waals surface area contributed by atoms with Crippen LogP contribution in [0.1, 0.15) is 37.8 Å². The fraction of sp³-hybridized carbons (Fsp3) is 0.280. The maximum atomic E-state index is 13.3. The number of benzene rings is 2. The Balaban J connectivity index is 1.32. The van der Waals surface area contributed by atoms with Crippen molar-refractivity contribution in [2.24, 2.45) is 0 Å². The predicted molar refractivity (Wildman–Crippen MR) is 122 cm³/mol. The summed E-state index contributed by atoms with van der Waals surface area (Å²) in [6, 6.07) is 13.0. The Morgan fingerprint density at radius 2 is 1.67 bits per heavy atom. The molecule has 0 spiro atoms. The topological polar surface area (TPSA) is 63.0 Å². The second kappa shape index (κ2) is 9.67. The molecule has 1 fully saturated rings. The average Bonchev–Trinajstić information content (AvgIpc) is 3.27. The Kier molecular flexibility index (Phi) is 6.70. The van der Waals surface area contributed by atoms with Crippen molar-refractivity contribution in [3.63, 3.8) is 0 Å². The molecule has 33 heavy (non-hydrogen) atoms. The molecule has 1 aromatic heterocycles. The van der Waals surface area contributed by atoms with E-state index in [1.54, 1.807) is 21.9 Å². The van der Waals surface area contributed by atoms with Gasteiger partial charge in [-0.15, -0.1) is 0 Å². The van der Waals surface area contributed by atoms with Crippen molar-refractivity contribution in [2.75, 3.05) is 26.2 Å². The number of ether oxygens (including phenoxy) is 1. The highest BCUT2D eigenvalue weighted by Gasteiger charge is 2.28. The van der Waals surface area contributed by atoms with Gasteiger partial charge in [-0.1, -0.05) is 29.3 Å². The zero-order chi connectivity index (χ0) is 23.5. The second-order valence-corrected chi connectivity index (χ2v) is 8.44. The number of amides is 2. The minimum atomic E-state index is -0.496. The highest BCUT2D eigenvalue weighted by molar-refractivity contribution is 6.33. The quantitative estimate of drug-likeness (QED) is 0.534. The standard InChI is InChI=1S/C25H24ClFN2O4/c1-16-3-7-22(17(2)13-16)32-15-19-5-8-23(33-19)25(31)29-11-9-28(10-12-29)24(30)20-6-4-18(27)14-21(20)26/h3-8,13-14H,9-12,15H2,1-2H3. The number of piperazine rings is 1. The SMILES string of the molecule is Cc1ccc(OCc2ccc(C(=O)N3CCN(C(=O)c4ccc(F)cc4Cl)CC3)o2)c(C)c1. The molecule has 2 heterocycles. The molecular formula is C25H24ClFN2O4. The molecule has 0 radical (unpaired) electrons. The van der Waals surface area contributed by atoms with E-state index in [1.807, 2.05) is 32.0 Å². The van der Waals surface area contributed by atoms with Gasteiger partial charge < -0.3 is 19.0 Å². The Bertz CT molecular complexity index is 1180. The van der Waals surface area contributed by atoms with Gasteiger partial charge in [0, 0.05) is 26.2 Å². The lowest BCUT2D eigenvalue weighted by Gasteiger charge is -2.34. The lowest BCUT2D eigenvalue weighted by molar-refractivity contribution is 0.0516. The average molecular weight is 471 g/mol. The number of furan rings is 1. The Morgan fingerprint density at radius 3 is 2.33 bits per heavy atom. The van der Waals surface area contributed by atoms with Crippen LogP contribution < -0.4 is 4.74 Å². The fourth-order valence-corrected chi connectivity index (χ4v) is 4.03. The van der Waals surface area contributed by atoms with Crippen molar-refractivity contribution >= 4 is 23.4 Å². The van der Waals surface area contributed by atoms with Crippen molar-refractivity contribution in [3.05, 3.63) is 87.6 Å². The van der Waals surface area contributed by atoms with E-state index in [0.29, 0.717) is 31.9 Å². The zero-order valence-electron chi connectivity index (χ0n) is 18.4. The number of nitrogens with zero attached hydrogens (tertiary/aromatic N) is 2. The van der Waals surface area contributed by atoms with Crippen LogP contribution in [-0.4, -0.2) is 47.8 Å². The third-order valence-corrected chi connectivity index (χ3v) is 5.90. The lowest BCUT2D eigenvalue weighted by atomic mass is 10.1. The van der Waals surface area contributed by atoms with E-state index in [-0.39, 0.29) is 34.8 Å². The van der Waals surface area contributed by atoms with Gasteiger partial charge in [0.1, 0.15) is 23.9 Å². The summed E-state index contributed by atoms with van der Waals surface area (Å²) in [7, 11) is 0. The monoisotopic (exact) mass is 470 g/mol. The van der Waals surface area contributed by atoms with Gasteiger partial charge in [0.25, 0.3) is 11.8 Å². The molecule has 6 nitrogen and oxygen atoms in total. The number of hydrogen-bond acceptors (Lipinski definition) is 4. The highest BCUT2D eigenvalue weighted by atomic mass is 35.5. The number of aryl methyl sites for hydroxylation is 2. The van der Waals surface area contributed by atoms with E-state index in [4.69, 9.17) is 20.8 Å². The van der Waals surface area contributed by atoms with E-state index < -0.39 is 5.82 Å². The van der Waals surface area contributed by atoms with Crippen molar-refractivity contribution in [2.45, 2.75) is 20.5 Å². The van der Waals surface area contributed by atoms with Gasteiger partial charge in [0.2, 0.25) is 0 Å². The Labute approximate surface area is 196 Å². The van der Waals surface area contributed by atoms with Crippen LogP contribution in [0, 0.1) is 19.7 Å². The first kappa shape index (κ1) is 22.9. The van der Waals surface area contributed by atoms with Crippen LogP contribution in [0.5, 0.6) is 5.75 Å². The Hall–Kier alpha value is -3.32. The largest absolute Gasteiger partial charge is 0.485 e. The van der Waals surface area contributed by atoms with Gasteiger partial charge in [0.05, 0.1) is 10.6 Å². The van der Waals surface area contributed by atoms with Gasteiger partial charge >= 0.3 is 0 Å². The van der Waals surface area contributed by atoms with E-state index in [9.17, 15) is 14.0 Å². The molecular weight excluding hydrogens is 447 g/mol. The van der Waals surface area contributed by atoms with E-state index in [0.717, 1.165) is 22.9 Å². The van der Waals surface area contributed by atoms with Crippen LogP contribution in [0.15, 0.2) is 52.9 Å². The van der Waals surface area contributed by atoms with Crippen LogP contribution in [0.4, 0.5) is 4.39 Å². The summed E-state index contributed by atoms with van der Waals surface area (Å²) in [5.74, 6) is 0.542. The van der Waals surface area contributed by atoms with Gasteiger partial charge in [-0.25, -0.2) is 4.39 Å². The van der Waals surface area contributed by atoms with Crippen LogP contribution in [0.3, 0.4) is 0 Å². The third-order valence-electron chi connectivity index (χ3n) is 5.59. The number of rotatable bonds is 5. The molecule has 1 aliphatic rings. The van der Waals surface area contributed by atoms with Gasteiger partial charge in [0.15, 0.2) is 5.76 Å². The summed E-state index contributed by atoms with van der Waals surface area (Å²) in [4.78, 5) is 28.8. The number of carbonyl (C=O) groups is 2. The summed E-state index contributed by atoms with van der Waals surface area (Å²) < 4.78 is 24.8. The zero-order valence-corrected chi connectivity index (χ0v) is 19.2. The first-order valence-corrected chi connectivity index (χ1v) is 11.0. The molecule has 3 aromatic rings. The molecule has 0 bridgehead atoms. The minimum Gasteiger partial charge on any atom is -0.485 e. The number of hydrogen-bond donors (Lipinski definition) is 0. The fourth-order valence-electron chi connectivity index (χ4n) is 3.78. The third kappa shape index (κ3) is 5.20. The molecule has 0 atom stereocenters. The van der Waals surface area contributed by atoms with Crippen LogP contribution in [0.25, 0.3) is 0 Å². The molecule has 0 N–H and O–H groups in total. The smallest absolute Gasteiger partial charge is 0.289 e. The predicted octanol–water partition coefficient (Wildman–Crippen LogP) is 4.87. The molecule has 172 valence electrons.